The van der Waals surface area contributed by atoms with Gasteiger partial charge in [0, 0.05) is 5.56 Å². The molecule has 1 saturated heterocycles. The number of amides is 5. The number of hydrazine groups is 1. The minimum Gasteiger partial charge on any atom is -0.484 e. The first kappa shape index (κ1) is 17.7. The minimum atomic E-state index is -0.894. The number of nitrogens with one attached hydrogen (secondary N) is 2. The van der Waals surface area contributed by atoms with Gasteiger partial charge in [-0.2, -0.15) is 5.01 Å². The van der Waals surface area contributed by atoms with Crippen molar-refractivity contribution in [1.82, 2.24) is 15.8 Å². The smallest absolute Gasteiger partial charge is 0.344 e. The number of urea groups is 1. The van der Waals surface area contributed by atoms with Crippen molar-refractivity contribution in [3.05, 3.63) is 29.8 Å². The topological polar surface area (TPSA) is 131 Å². The maximum absolute atomic E-state index is 12.6. The van der Waals surface area contributed by atoms with Gasteiger partial charge in [0.1, 0.15) is 11.3 Å². The van der Waals surface area contributed by atoms with E-state index in [1.807, 2.05) is 0 Å². The summed E-state index contributed by atoms with van der Waals surface area (Å²) < 4.78 is 5.11. The fourth-order valence-corrected chi connectivity index (χ4v) is 3.24. The van der Waals surface area contributed by atoms with Crippen LogP contribution >= 0.6 is 0 Å². The number of nitrogens with zero attached hydrogens (tertiary/aromatic N) is 1. The number of benzene rings is 1. The maximum Gasteiger partial charge on any atom is 0.344 e. The Labute approximate surface area is 149 Å². The van der Waals surface area contributed by atoms with Gasteiger partial charge in [0.05, 0.1) is 0 Å². The molecule has 5 amide bonds. The second-order valence-electron chi connectivity index (χ2n) is 6.43. The van der Waals surface area contributed by atoms with Crippen molar-refractivity contribution in [3.63, 3.8) is 0 Å². The number of rotatable bonds is 5. The van der Waals surface area contributed by atoms with Gasteiger partial charge in [0.2, 0.25) is 0 Å². The summed E-state index contributed by atoms with van der Waals surface area (Å²) in [6.07, 6.45) is 3.91. The van der Waals surface area contributed by atoms with E-state index >= 15 is 0 Å². The largest absolute Gasteiger partial charge is 0.484 e. The zero-order valence-corrected chi connectivity index (χ0v) is 14.1. The molecular formula is C17H20N4O5. The van der Waals surface area contributed by atoms with E-state index in [2.05, 4.69) is 10.7 Å². The first-order valence-corrected chi connectivity index (χ1v) is 8.40. The van der Waals surface area contributed by atoms with Crippen molar-refractivity contribution in [3.8, 4) is 5.75 Å². The number of hydrogen-bond donors (Lipinski definition) is 3. The van der Waals surface area contributed by atoms with Crippen LogP contribution in [0.1, 0.15) is 42.5 Å². The molecule has 2 fully saturated rings. The van der Waals surface area contributed by atoms with E-state index in [0.717, 1.165) is 24.3 Å². The average molecular weight is 360 g/mol. The standard InChI is InChI=1S/C17H20N4O5/c18-13(22)10-26-12-6-4-11(5-7-12)14(23)20-21-15(24)17(19-16(21)25)8-2-1-3-9-17/h4-7H,1-3,8-10H2,(H2,18,22)(H,19,25)(H,20,23). The van der Waals surface area contributed by atoms with Crippen LogP contribution in [0.4, 0.5) is 4.79 Å². The van der Waals surface area contributed by atoms with E-state index in [1.54, 1.807) is 0 Å². The molecule has 0 aromatic heterocycles. The SMILES string of the molecule is NC(=O)COc1ccc(C(=O)NN2C(=O)NC3(CCCCC3)C2=O)cc1. The zero-order valence-electron chi connectivity index (χ0n) is 14.1. The lowest BCUT2D eigenvalue weighted by molar-refractivity contribution is -0.134. The van der Waals surface area contributed by atoms with Gasteiger partial charge in [-0.05, 0) is 37.1 Å². The zero-order chi connectivity index (χ0) is 18.7. The molecule has 3 rings (SSSR count). The summed E-state index contributed by atoms with van der Waals surface area (Å²) in [5, 5.41) is 3.48. The lowest BCUT2D eigenvalue weighted by atomic mass is 9.82. The highest BCUT2D eigenvalue weighted by atomic mass is 16.5. The van der Waals surface area contributed by atoms with Crippen LogP contribution in [0, 0.1) is 0 Å². The lowest BCUT2D eigenvalue weighted by Crippen LogP contribution is -2.50. The number of primary amides is 1. The molecule has 138 valence electrons. The average Bonchev–Trinajstić information content (AvgIpc) is 2.85. The van der Waals surface area contributed by atoms with Crippen molar-refractivity contribution in [2.75, 3.05) is 6.61 Å². The predicted octanol–water partition coefficient (Wildman–Crippen LogP) is 0.450. The van der Waals surface area contributed by atoms with Crippen LogP contribution in [0.15, 0.2) is 24.3 Å². The van der Waals surface area contributed by atoms with Crippen LogP contribution in [0.5, 0.6) is 5.75 Å². The van der Waals surface area contributed by atoms with Crippen LogP contribution < -0.4 is 21.2 Å². The van der Waals surface area contributed by atoms with E-state index in [-0.39, 0.29) is 12.2 Å². The molecule has 1 aromatic carbocycles. The fourth-order valence-electron chi connectivity index (χ4n) is 3.24. The van der Waals surface area contributed by atoms with Crippen LogP contribution in [0.3, 0.4) is 0 Å². The summed E-state index contributed by atoms with van der Waals surface area (Å²) in [6.45, 7) is -0.268. The molecular weight excluding hydrogens is 340 g/mol. The summed E-state index contributed by atoms with van der Waals surface area (Å²) in [6, 6.07) is 5.28. The molecule has 26 heavy (non-hydrogen) atoms. The molecule has 0 atom stereocenters. The van der Waals surface area contributed by atoms with Crippen LogP contribution in [0.2, 0.25) is 0 Å². The number of ether oxygens (including phenoxy) is 1. The Kier molecular flexibility index (Phi) is 4.79. The first-order chi connectivity index (χ1) is 12.4. The van der Waals surface area contributed by atoms with Crippen molar-refractivity contribution < 1.29 is 23.9 Å². The predicted molar refractivity (Wildman–Crippen MR) is 89.8 cm³/mol. The molecule has 1 aliphatic carbocycles. The van der Waals surface area contributed by atoms with Crippen LogP contribution in [0.25, 0.3) is 0 Å². The Morgan fingerprint density at radius 2 is 1.81 bits per heavy atom. The molecule has 1 aromatic rings. The summed E-state index contributed by atoms with van der Waals surface area (Å²) in [5.41, 5.74) is 6.69. The Morgan fingerprint density at radius 1 is 1.15 bits per heavy atom. The normalized spacial score (nSPS) is 18.5. The Morgan fingerprint density at radius 3 is 2.42 bits per heavy atom. The maximum atomic E-state index is 12.6. The number of nitrogens with two attached hydrogens (primary N) is 1. The highest BCUT2D eigenvalue weighted by molar-refractivity contribution is 6.09. The van der Waals surface area contributed by atoms with E-state index in [4.69, 9.17) is 10.5 Å². The molecule has 4 N–H and O–H groups in total. The summed E-state index contributed by atoms with van der Waals surface area (Å²) in [7, 11) is 0. The molecule has 0 bridgehead atoms. The van der Waals surface area contributed by atoms with E-state index in [9.17, 15) is 19.2 Å². The van der Waals surface area contributed by atoms with Gasteiger partial charge in [0.15, 0.2) is 6.61 Å². The molecule has 1 spiro atoms. The minimum absolute atomic E-state index is 0.238. The summed E-state index contributed by atoms with van der Waals surface area (Å²) in [5.74, 6) is -1.25. The van der Waals surface area contributed by atoms with Crippen LogP contribution in [-0.2, 0) is 9.59 Å². The van der Waals surface area contributed by atoms with Crippen LogP contribution in [-0.4, -0.2) is 40.9 Å². The van der Waals surface area contributed by atoms with Gasteiger partial charge in [-0.3, -0.25) is 19.8 Å². The van der Waals surface area contributed by atoms with Gasteiger partial charge in [-0.25, -0.2) is 4.79 Å². The van der Waals surface area contributed by atoms with Crippen molar-refractivity contribution >= 4 is 23.8 Å². The molecule has 9 nitrogen and oxygen atoms in total. The Hall–Kier alpha value is -3.10. The van der Waals surface area contributed by atoms with E-state index in [0.29, 0.717) is 18.6 Å². The third kappa shape index (κ3) is 3.46. The highest BCUT2D eigenvalue weighted by Gasteiger charge is 2.52. The third-order valence-corrected chi connectivity index (χ3v) is 4.58. The highest BCUT2D eigenvalue weighted by Crippen LogP contribution is 2.33. The van der Waals surface area contributed by atoms with Gasteiger partial charge < -0.3 is 15.8 Å². The summed E-state index contributed by atoms with van der Waals surface area (Å²) >= 11 is 0. The number of hydrogen-bond acceptors (Lipinski definition) is 5. The molecule has 9 heteroatoms. The lowest BCUT2D eigenvalue weighted by Gasteiger charge is -2.30. The first-order valence-electron chi connectivity index (χ1n) is 8.40. The quantitative estimate of drug-likeness (QED) is 0.656. The monoisotopic (exact) mass is 360 g/mol. The van der Waals surface area contributed by atoms with E-state index < -0.39 is 29.3 Å². The molecule has 0 radical (unpaired) electrons. The second kappa shape index (κ2) is 7.03. The number of imide groups is 1. The van der Waals surface area contributed by atoms with Gasteiger partial charge in [0.25, 0.3) is 17.7 Å². The molecule has 0 unspecified atom stereocenters. The molecule has 1 aliphatic heterocycles. The Bertz CT molecular complexity index is 740. The molecule has 1 heterocycles. The van der Waals surface area contributed by atoms with Crippen molar-refractivity contribution in [2.24, 2.45) is 5.73 Å². The molecule has 1 saturated carbocycles. The number of carbonyl (C=O) groups excluding carboxylic acids is 4. The fraction of sp³-hybridized carbons (Fsp3) is 0.412. The summed E-state index contributed by atoms with van der Waals surface area (Å²) in [4.78, 5) is 47.8. The van der Waals surface area contributed by atoms with Crippen molar-refractivity contribution in [2.45, 2.75) is 37.6 Å². The van der Waals surface area contributed by atoms with Gasteiger partial charge in [-0.15, -0.1) is 0 Å². The second-order valence-corrected chi connectivity index (χ2v) is 6.43. The van der Waals surface area contributed by atoms with Crippen molar-refractivity contribution in [1.29, 1.82) is 0 Å². The Balaban J connectivity index is 1.65. The van der Waals surface area contributed by atoms with Gasteiger partial charge >= 0.3 is 6.03 Å². The number of carbonyl (C=O) groups is 4. The third-order valence-electron chi connectivity index (χ3n) is 4.58. The van der Waals surface area contributed by atoms with Gasteiger partial charge in [-0.1, -0.05) is 19.3 Å². The molecule has 2 aliphatic rings. The van der Waals surface area contributed by atoms with E-state index in [1.165, 1.54) is 24.3 Å².